The van der Waals surface area contributed by atoms with Gasteiger partial charge in [0, 0.05) is 12.1 Å². The molecule has 2 aromatic carbocycles. The van der Waals surface area contributed by atoms with E-state index in [1.165, 1.54) is 5.56 Å². The largest absolute Gasteiger partial charge is 0.495 e. The Labute approximate surface area is 154 Å². The van der Waals surface area contributed by atoms with Gasteiger partial charge in [0.15, 0.2) is 0 Å². The lowest BCUT2D eigenvalue weighted by Crippen LogP contribution is -2.24. The number of ether oxygens (including phenoxy) is 2. The summed E-state index contributed by atoms with van der Waals surface area (Å²) in [5.41, 5.74) is 1.72. The fourth-order valence-corrected chi connectivity index (χ4v) is 2.71. The van der Waals surface area contributed by atoms with Gasteiger partial charge in [-0.05, 0) is 62.6 Å². The molecule has 0 heterocycles. The molecule has 1 N–H and O–H groups in total. The summed E-state index contributed by atoms with van der Waals surface area (Å²) in [6.45, 7) is 4.61. The SMILES string of the molecule is COc1ccc(C(=O)NCCCc2cccc(OC(C)C)c2)cc1Cl. The summed E-state index contributed by atoms with van der Waals surface area (Å²) in [5.74, 6) is 1.30. The van der Waals surface area contributed by atoms with E-state index < -0.39 is 0 Å². The van der Waals surface area contributed by atoms with Crippen molar-refractivity contribution in [2.75, 3.05) is 13.7 Å². The average Bonchev–Trinajstić information content (AvgIpc) is 2.58. The number of aryl methyl sites for hydroxylation is 1. The van der Waals surface area contributed by atoms with Gasteiger partial charge in [0.05, 0.1) is 18.2 Å². The molecule has 1 amide bonds. The predicted molar refractivity (Wildman–Crippen MR) is 101 cm³/mol. The number of hydrogen-bond donors (Lipinski definition) is 1. The summed E-state index contributed by atoms with van der Waals surface area (Å²) in [6, 6.07) is 13.1. The smallest absolute Gasteiger partial charge is 0.251 e. The molecular formula is C20H24ClNO3. The highest BCUT2D eigenvalue weighted by Crippen LogP contribution is 2.24. The van der Waals surface area contributed by atoms with Crippen molar-refractivity contribution in [3.63, 3.8) is 0 Å². The number of carbonyl (C=O) groups is 1. The number of nitrogens with one attached hydrogen (secondary N) is 1. The van der Waals surface area contributed by atoms with Crippen LogP contribution in [0.3, 0.4) is 0 Å². The number of methoxy groups -OCH3 is 1. The van der Waals surface area contributed by atoms with Crippen molar-refractivity contribution < 1.29 is 14.3 Å². The molecule has 0 aliphatic heterocycles. The molecule has 0 saturated heterocycles. The third-order valence-electron chi connectivity index (χ3n) is 3.61. The first kappa shape index (κ1) is 19.1. The van der Waals surface area contributed by atoms with Crippen molar-refractivity contribution in [3.8, 4) is 11.5 Å². The summed E-state index contributed by atoms with van der Waals surface area (Å²) >= 11 is 6.05. The molecule has 134 valence electrons. The van der Waals surface area contributed by atoms with E-state index in [4.69, 9.17) is 21.1 Å². The van der Waals surface area contributed by atoms with Crippen molar-refractivity contribution in [2.45, 2.75) is 32.8 Å². The van der Waals surface area contributed by atoms with Gasteiger partial charge in [-0.1, -0.05) is 23.7 Å². The molecule has 2 aromatic rings. The normalized spacial score (nSPS) is 10.6. The van der Waals surface area contributed by atoms with E-state index in [1.807, 2.05) is 32.0 Å². The van der Waals surface area contributed by atoms with Crippen LogP contribution in [0.1, 0.15) is 36.2 Å². The third kappa shape index (κ3) is 5.98. The van der Waals surface area contributed by atoms with Crippen LogP contribution in [0, 0.1) is 0 Å². The number of benzene rings is 2. The van der Waals surface area contributed by atoms with Crippen LogP contribution < -0.4 is 14.8 Å². The maximum atomic E-state index is 12.2. The van der Waals surface area contributed by atoms with Gasteiger partial charge in [-0.15, -0.1) is 0 Å². The van der Waals surface area contributed by atoms with Gasteiger partial charge in [0.2, 0.25) is 0 Å². The van der Waals surface area contributed by atoms with Crippen LogP contribution in [0.25, 0.3) is 0 Å². The minimum atomic E-state index is -0.138. The van der Waals surface area contributed by atoms with Crippen molar-refractivity contribution in [2.24, 2.45) is 0 Å². The molecule has 0 spiro atoms. The second-order valence-electron chi connectivity index (χ2n) is 6.02. The molecule has 4 nitrogen and oxygen atoms in total. The van der Waals surface area contributed by atoms with Crippen molar-refractivity contribution in [1.29, 1.82) is 0 Å². The van der Waals surface area contributed by atoms with Crippen molar-refractivity contribution in [1.82, 2.24) is 5.32 Å². The zero-order valence-electron chi connectivity index (χ0n) is 14.8. The minimum Gasteiger partial charge on any atom is -0.495 e. The number of hydrogen-bond acceptors (Lipinski definition) is 3. The van der Waals surface area contributed by atoms with E-state index in [9.17, 15) is 4.79 Å². The Morgan fingerprint density at radius 2 is 2.00 bits per heavy atom. The van der Waals surface area contributed by atoms with E-state index in [2.05, 4.69) is 11.4 Å². The Morgan fingerprint density at radius 1 is 1.20 bits per heavy atom. The predicted octanol–water partition coefficient (Wildman–Crippen LogP) is 4.50. The van der Waals surface area contributed by atoms with Crippen LogP contribution in [-0.4, -0.2) is 25.7 Å². The van der Waals surface area contributed by atoms with E-state index >= 15 is 0 Å². The van der Waals surface area contributed by atoms with Gasteiger partial charge in [-0.3, -0.25) is 4.79 Å². The van der Waals surface area contributed by atoms with Crippen LogP contribution in [0.15, 0.2) is 42.5 Å². The lowest BCUT2D eigenvalue weighted by Gasteiger charge is -2.11. The number of halogens is 1. The first-order chi connectivity index (χ1) is 12.0. The lowest BCUT2D eigenvalue weighted by molar-refractivity contribution is 0.0953. The highest BCUT2D eigenvalue weighted by molar-refractivity contribution is 6.32. The molecule has 0 atom stereocenters. The van der Waals surface area contributed by atoms with Gasteiger partial charge in [0.25, 0.3) is 5.91 Å². The molecule has 5 heteroatoms. The van der Waals surface area contributed by atoms with Crippen LogP contribution >= 0.6 is 11.6 Å². The molecular weight excluding hydrogens is 338 g/mol. The second-order valence-corrected chi connectivity index (χ2v) is 6.43. The first-order valence-electron chi connectivity index (χ1n) is 8.37. The quantitative estimate of drug-likeness (QED) is 0.704. The molecule has 0 saturated carbocycles. The van der Waals surface area contributed by atoms with E-state index in [1.54, 1.807) is 25.3 Å². The fourth-order valence-electron chi connectivity index (χ4n) is 2.45. The van der Waals surface area contributed by atoms with Crippen LogP contribution in [0.2, 0.25) is 5.02 Å². The summed E-state index contributed by atoms with van der Waals surface area (Å²) in [5, 5.41) is 3.34. The molecule has 0 radical (unpaired) electrons. The summed E-state index contributed by atoms with van der Waals surface area (Å²) in [7, 11) is 1.54. The molecule has 0 aromatic heterocycles. The number of carbonyl (C=O) groups excluding carboxylic acids is 1. The van der Waals surface area contributed by atoms with E-state index in [-0.39, 0.29) is 12.0 Å². The topological polar surface area (TPSA) is 47.6 Å². The number of amides is 1. The number of rotatable bonds is 8. The van der Waals surface area contributed by atoms with Crippen LogP contribution in [-0.2, 0) is 6.42 Å². The average molecular weight is 362 g/mol. The Bertz CT molecular complexity index is 716. The Balaban J connectivity index is 1.81. The first-order valence-corrected chi connectivity index (χ1v) is 8.74. The molecule has 25 heavy (non-hydrogen) atoms. The second kappa shape index (κ2) is 9.33. The maximum absolute atomic E-state index is 12.2. The Hall–Kier alpha value is -2.20. The van der Waals surface area contributed by atoms with Gasteiger partial charge < -0.3 is 14.8 Å². The third-order valence-corrected chi connectivity index (χ3v) is 3.91. The molecule has 0 bridgehead atoms. The summed E-state index contributed by atoms with van der Waals surface area (Å²) < 4.78 is 10.8. The highest BCUT2D eigenvalue weighted by Gasteiger charge is 2.08. The van der Waals surface area contributed by atoms with Gasteiger partial charge >= 0.3 is 0 Å². The summed E-state index contributed by atoms with van der Waals surface area (Å²) in [4.78, 5) is 12.2. The zero-order chi connectivity index (χ0) is 18.2. The van der Waals surface area contributed by atoms with Crippen LogP contribution in [0.5, 0.6) is 11.5 Å². The molecule has 0 unspecified atom stereocenters. The van der Waals surface area contributed by atoms with Crippen molar-refractivity contribution in [3.05, 3.63) is 58.6 Å². The Kier molecular flexibility index (Phi) is 7.14. The van der Waals surface area contributed by atoms with Gasteiger partial charge in [-0.25, -0.2) is 0 Å². The Morgan fingerprint density at radius 3 is 2.68 bits per heavy atom. The van der Waals surface area contributed by atoms with E-state index in [0.717, 1.165) is 18.6 Å². The molecule has 0 fully saturated rings. The molecule has 0 aliphatic rings. The monoisotopic (exact) mass is 361 g/mol. The maximum Gasteiger partial charge on any atom is 0.251 e. The minimum absolute atomic E-state index is 0.138. The zero-order valence-corrected chi connectivity index (χ0v) is 15.6. The summed E-state index contributed by atoms with van der Waals surface area (Å²) in [6.07, 6.45) is 1.88. The van der Waals surface area contributed by atoms with Gasteiger partial charge in [-0.2, -0.15) is 0 Å². The molecule has 0 aliphatic carbocycles. The fraction of sp³-hybridized carbons (Fsp3) is 0.350. The van der Waals surface area contributed by atoms with E-state index in [0.29, 0.717) is 22.9 Å². The lowest BCUT2D eigenvalue weighted by atomic mass is 10.1. The van der Waals surface area contributed by atoms with Crippen molar-refractivity contribution >= 4 is 17.5 Å². The van der Waals surface area contributed by atoms with Gasteiger partial charge in [0.1, 0.15) is 11.5 Å². The van der Waals surface area contributed by atoms with Crippen LogP contribution in [0.4, 0.5) is 0 Å². The standard InChI is InChI=1S/C20H24ClNO3/c1-14(2)25-17-8-4-6-15(12-17)7-5-11-22-20(23)16-9-10-19(24-3)18(21)13-16/h4,6,8-10,12-14H,5,7,11H2,1-3H3,(H,22,23). The molecule has 2 rings (SSSR count). The highest BCUT2D eigenvalue weighted by atomic mass is 35.5.